The van der Waals surface area contributed by atoms with Gasteiger partial charge in [0.05, 0.1) is 26.0 Å². The van der Waals surface area contributed by atoms with Crippen molar-refractivity contribution in [3.05, 3.63) is 22.2 Å². The molecule has 0 spiro atoms. The molecule has 1 aliphatic rings. The van der Waals surface area contributed by atoms with E-state index in [0.717, 1.165) is 4.52 Å². The minimum Gasteiger partial charge on any atom is -0.394 e. The lowest BCUT2D eigenvalue weighted by Gasteiger charge is -2.36. The Balaban J connectivity index is 2.10. The molecule has 224 valence electrons. The van der Waals surface area contributed by atoms with E-state index in [2.05, 4.69) is 30.2 Å². The predicted molar refractivity (Wildman–Crippen MR) is 148 cm³/mol. The molecule has 1 amide bonds. The number of aromatic amines is 1. The fraction of sp³-hybridized carbons (Fsp3) is 0.708. The number of aliphatic hydroxyl groups excluding tert-OH is 1. The van der Waals surface area contributed by atoms with Crippen molar-refractivity contribution < 1.29 is 33.3 Å². The molecule has 16 heteroatoms. The SMILES string of the molecule is CC/C=N/OP(OC1C(c2cnn3c(=O)[nH]c(NC(C)=O)nc23)OC(CO)C1OCCOC)N(C(C)C)C(C)C. The number of carbonyl (C=O) groups excluding carboxylic acids is 1. The average molecular weight is 586 g/mol. The van der Waals surface area contributed by atoms with Crippen LogP contribution in [0, 0.1) is 0 Å². The van der Waals surface area contributed by atoms with Crippen LogP contribution in [0.4, 0.5) is 5.95 Å². The summed E-state index contributed by atoms with van der Waals surface area (Å²) in [6.07, 6.45) is 0.568. The van der Waals surface area contributed by atoms with Crippen molar-refractivity contribution in [1.82, 2.24) is 24.3 Å². The summed E-state index contributed by atoms with van der Waals surface area (Å²) in [7, 11) is -0.214. The molecule has 3 rings (SSSR count). The Morgan fingerprint density at radius 2 is 2.05 bits per heavy atom. The van der Waals surface area contributed by atoms with Gasteiger partial charge in [0.1, 0.15) is 24.4 Å². The largest absolute Gasteiger partial charge is 0.394 e. The minimum absolute atomic E-state index is 0.0425. The maximum absolute atomic E-state index is 12.7. The van der Waals surface area contributed by atoms with Crippen LogP contribution in [0.3, 0.4) is 0 Å². The van der Waals surface area contributed by atoms with E-state index in [9.17, 15) is 14.7 Å². The van der Waals surface area contributed by atoms with E-state index >= 15 is 0 Å². The lowest BCUT2D eigenvalue weighted by atomic mass is 10.0. The zero-order chi connectivity index (χ0) is 29.4. The van der Waals surface area contributed by atoms with Gasteiger partial charge in [-0.3, -0.25) is 15.1 Å². The number of anilines is 1. The number of nitrogens with one attached hydrogen (secondary N) is 2. The number of ether oxygens (including phenoxy) is 3. The second kappa shape index (κ2) is 14.9. The van der Waals surface area contributed by atoms with E-state index in [1.165, 1.54) is 13.1 Å². The van der Waals surface area contributed by atoms with Gasteiger partial charge in [0.15, 0.2) is 5.65 Å². The summed E-state index contributed by atoms with van der Waals surface area (Å²) in [5.41, 5.74) is -0.0434. The lowest BCUT2D eigenvalue weighted by Crippen LogP contribution is -2.40. The van der Waals surface area contributed by atoms with Crippen molar-refractivity contribution in [2.45, 2.75) is 84.5 Å². The van der Waals surface area contributed by atoms with Crippen molar-refractivity contribution in [1.29, 1.82) is 0 Å². The van der Waals surface area contributed by atoms with Crippen molar-refractivity contribution in [2.24, 2.45) is 5.16 Å². The number of hydrogen-bond donors (Lipinski definition) is 3. The molecule has 3 N–H and O–H groups in total. The van der Waals surface area contributed by atoms with Crippen LogP contribution in [0.2, 0.25) is 0 Å². The van der Waals surface area contributed by atoms with Gasteiger partial charge in [-0.1, -0.05) is 12.1 Å². The Bertz CT molecular complexity index is 1180. The number of nitrogens with zero attached hydrogens (tertiary/aromatic N) is 5. The summed E-state index contributed by atoms with van der Waals surface area (Å²) in [5.74, 6) is -0.448. The molecule has 3 heterocycles. The molecule has 2 aromatic heterocycles. The Kier molecular flexibility index (Phi) is 11.9. The number of methoxy groups -OCH3 is 1. The summed E-state index contributed by atoms with van der Waals surface area (Å²) < 4.78 is 33.2. The third kappa shape index (κ3) is 7.60. The summed E-state index contributed by atoms with van der Waals surface area (Å²) in [6, 6.07) is 0.0882. The van der Waals surface area contributed by atoms with E-state index in [0.29, 0.717) is 18.6 Å². The second-order valence-corrected chi connectivity index (χ2v) is 11.0. The van der Waals surface area contributed by atoms with Crippen molar-refractivity contribution in [3.8, 4) is 0 Å². The summed E-state index contributed by atoms with van der Waals surface area (Å²) >= 11 is 0. The number of fused-ring (bicyclic) bond motifs is 1. The molecule has 5 atom stereocenters. The van der Waals surface area contributed by atoms with E-state index in [4.69, 9.17) is 23.4 Å². The van der Waals surface area contributed by atoms with Gasteiger partial charge in [0.25, 0.3) is 0 Å². The number of oxime groups is 1. The predicted octanol–water partition coefficient (Wildman–Crippen LogP) is 1.98. The van der Waals surface area contributed by atoms with Crippen LogP contribution in [0.1, 0.15) is 59.6 Å². The maximum atomic E-state index is 12.7. The molecule has 0 saturated carbocycles. The van der Waals surface area contributed by atoms with Crippen LogP contribution < -0.4 is 11.0 Å². The Hall–Kier alpha value is -2.52. The van der Waals surface area contributed by atoms with Crippen molar-refractivity contribution in [3.63, 3.8) is 0 Å². The molecule has 5 unspecified atom stereocenters. The molecule has 0 radical (unpaired) electrons. The Labute approximate surface area is 234 Å². The van der Waals surface area contributed by atoms with Crippen LogP contribution >= 0.6 is 8.53 Å². The summed E-state index contributed by atoms with van der Waals surface area (Å²) in [5, 5.41) is 21.0. The Morgan fingerprint density at radius 3 is 2.65 bits per heavy atom. The van der Waals surface area contributed by atoms with Crippen LogP contribution in [0.5, 0.6) is 0 Å². The highest BCUT2D eigenvalue weighted by Crippen LogP contribution is 2.52. The molecule has 0 aromatic carbocycles. The highest BCUT2D eigenvalue weighted by molar-refractivity contribution is 7.44. The maximum Gasteiger partial charge on any atom is 0.350 e. The number of aromatic nitrogens is 4. The minimum atomic E-state index is -1.77. The summed E-state index contributed by atoms with van der Waals surface area (Å²) in [4.78, 5) is 31.2. The van der Waals surface area contributed by atoms with Gasteiger partial charge in [-0.15, -0.1) is 0 Å². The third-order valence-corrected chi connectivity index (χ3v) is 7.89. The van der Waals surface area contributed by atoms with Crippen molar-refractivity contribution >= 4 is 32.2 Å². The van der Waals surface area contributed by atoms with Gasteiger partial charge in [0, 0.05) is 37.9 Å². The smallest absolute Gasteiger partial charge is 0.350 e. The first-order valence-corrected chi connectivity index (χ1v) is 14.3. The van der Waals surface area contributed by atoms with Crippen LogP contribution in [0.25, 0.3) is 5.65 Å². The van der Waals surface area contributed by atoms with E-state index in [1.54, 1.807) is 13.3 Å². The summed E-state index contributed by atoms with van der Waals surface area (Å²) in [6.45, 7) is 11.5. The molecule has 0 bridgehead atoms. The fourth-order valence-electron chi connectivity index (χ4n) is 4.38. The quantitative estimate of drug-likeness (QED) is 0.121. The first kappa shape index (κ1) is 32.0. The molecule has 40 heavy (non-hydrogen) atoms. The average Bonchev–Trinajstić information content (AvgIpc) is 3.45. The fourth-order valence-corrected chi connectivity index (χ4v) is 5.95. The van der Waals surface area contributed by atoms with Crippen molar-refractivity contribution in [2.75, 3.05) is 32.2 Å². The lowest BCUT2D eigenvalue weighted by molar-refractivity contribution is -0.114. The Morgan fingerprint density at radius 1 is 1.32 bits per heavy atom. The zero-order valence-electron chi connectivity index (χ0n) is 23.9. The first-order chi connectivity index (χ1) is 19.1. The monoisotopic (exact) mass is 585 g/mol. The molecule has 1 aliphatic heterocycles. The molecule has 1 fully saturated rings. The van der Waals surface area contributed by atoms with Crippen LogP contribution in [-0.4, -0.2) is 98.8 Å². The zero-order valence-corrected chi connectivity index (χ0v) is 24.8. The number of carbonyl (C=O) groups is 1. The van der Waals surface area contributed by atoms with Gasteiger partial charge in [-0.05, 0) is 34.1 Å². The van der Waals surface area contributed by atoms with Gasteiger partial charge in [-0.25, -0.2) is 9.46 Å². The number of hydrogen-bond acceptors (Lipinski definition) is 12. The second-order valence-electron chi connectivity index (χ2n) is 9.67. The van der Waals surface area contributed by atoms with E-state index in [-0.39, 0.29) is 36.9 Å². The van der Waals surface area contributed by atoms with Crippen LogP contribution in [0.15, 0.2) is 16.1 Å². The standard InChI is InChI=1S/C24H40N7O8P/c1-8-9-26-39-40(31(14(2)3)15(4)5)38-21-19(37-18(13-32)20(21)36-11-10-35-7)17-12-25-30-22(17)28-23(27-16(6)33)29-24(30)34/h9,12,14-15,18-21,32H,8,10-11,13H2,1-7H3,(H2,27,28,29,33,34)/b26-9+. The molecular weight excluding hydrogens is 545 g/mol. The normalized spacial score (nSPS) is 22.3. The number of H-pyrrole nitrogens is 1. The molecule has 0 aliphatic carbocycles. The molecular formula is C24H40N7O8P. The van der Waals surface area contributed by atoms with E-state index < -0.39 is 44.5 Å². The third-order valence-electron chi connectivity index (χ3n) is 5.93. The van der Waals surface area contributed by atoms with Gasteiger partial charge in [-0.2, -0.15) is 14.6 Å². The van der Waals surface area contributed by atoms with Gasteiger partial charge in [0.2, 0.25) is 11.9 Å². The molecule has 2 aromatic rings. The highest BCUT2D eigenvalue weighted by Gasteiger charge is 2.50. The number of amides is 1. The number of aliphatic hydroxyl groups is 1. The topological polar surface area (TPSA) is 174 Å². The highest BCUT2D eigenvalue weighted by atomic mass is 31.2. The molecule has 15 nitrogen and oxygen atoms in total. The van der Waals surface area contributed by atoms with E-state index in [1.807, 2.05) is 34.6 Å². The van der Waals surface area contributed by atoms with Crippen LogP contribution in [-0.2, 0) is 28.2 Å². The van der Waals surface area contributed by atoms with Gasteiger partial charge >= 0.3 is 14.2 Å². The molecule has 1 saturated heterocycles. The van der Waals surface area contributed by atoms with Gasteiger partial charge < -0.3 is 28.5 Å². The first-order valence-electron chi connectivity index (χ1n) is 13.2. The number of rotatable bonds is 15.